The van der Waals surface area contributed by atoms with Crippen molar-refractivity contribution >= 4 is 29.2 Å². The van der Waals surface area contributed by atoms with Gasteiger partial charge in [-0.3, -0.25) is 14.1 Å². The van der Waals surface area contributed by atoms with Crippen molar-refractivity contribution in [3.05, 3.63) is 71.7 Å². The molecule has 3 aromatic heterocycles. The quantitative estimate of drug-likeness (QED) is 0.345. The molecule has 1 aromatic carbocycles. The molecule has 42 heavy (non-hydrogen) atoms. The molecule has 2 fully saturated rings. The van der Waals surface area contributed by atoms with Crippen LogP contribution in [-0.4, -0.2) is 48.4 Å². The Morgan fingerprint density at radius 3 is 2.67 bits per heavy atom. The van der Waals surface area contributed by atoms with E-state index < -0.39 is 29.5 Å². The predicted molar refractivity (Wildman–Crippen MR) is 152 cm³/mol. The van der Waals surface area contributed by atoms with E-state index in [2.05, 4.69) is 15.3 Å². The lowest BCUT2D eigenvalue weighted by Gasteiger charge is -2.28. The third kappa shape index (κ3) is 4.98. The maximum Gasteiger partial charge on any atom is 0.410 e. The third-order valence-electron chi connectivity index (χ3n) is 7.62. The summed E-state index contributed by atoms with van der Waals surface area (Å²) in [6.45, 7) is 6.03. The third-order valence-corrected chi connectivity index (χ3v) is 7.62. The number of carbonyl (C=O) groups is 2. The first-order valence-electron chi connectivity index (χ1n) is 13.6. The molecule has 2 amide bonds. The Morgan fingerprint density at radius 1 is 1.19 bits per heavy atom. The number of hydrogen-bond acceptors (Lipinski definition) is 8. The Labute approximate surface area is 241 Å². The van der Waals surface area contributed by atoms with Gasteiger partial charge < -0.3 is 15.8 Å². The monoisotopic (exact) mass is 568 g/mol. The lowest BCUT2D eigenvalue weighted by molar-refractivity contribution is 0.0211. The molecule has 11 nitrogen and oxygen atoms in total. The summed E-state index contributed by atoms with van der Waals surface area (Å²) < 4.78 is 23.2. The van der Waals surface area contributed by atoms with Crippen molar-refractivity contribution in [2.24, 2.45) is 5.41 Å². The Morgan fingerprint density at radius 2 is 1.98 bits per heavy atom. The molecule has 1 aliphatic carbocycles. The number of nitrogen functional groups attached to an aromatic ring is 1. The number of nitrogens with one attached hydrogen (secondary N) is 1. The summed E-state index contributed by atoms with van der Waals surface area (Å²) in [5, 5.41) is 11.7. The van der Waals surface area contributed by atoms with Crippen LogP contribution in [0.2, 0.25) is 0 Å². The fourth-order valence-electron chi connectivity index (χ4n) is 5.45. The van der Waals surface area contributed by atoms with Crippen LogP contribution < -0.4 is 11.1 Å². The zero-order valence-corrected chi connectivity index (χ0v) is 23.4. The molecule has 1 aliphatic heterocycles. The fourth-order valence-corrected chi connectivity index (χ4v) is 5.45. The summed E-state index contributed by atoms with van der Waals surface area (Å²) >= 11 is 0. The highest BCUT2D eigenvalue weighted by molar-refractivity contribution is 6.04. The number of likely N-dealkylation sites (tertiary alicyclic amines) is 1. The molecule has 1 atom stereocenters. The van der Waals surface area contributed by atoms with Crippen molar-refractivity contribution in [3.8, 4) is 17.3 Å². The van der Waals surface area contributed by atoms with Gasteiger partial charge in [0, 0.05) is 36.3 Å². The molecule has 4 heterocycles. The van der Waals surface area contributed by atoms with Crippen molar-refractivity contribution in [2.45, 2.75) is 51.7 Å². The average molecular weight is 569 g/mol. The minimum atomic E-state index is -0.690. The number of nitriles is 1. The van der Waals surface area contributed by atoms with Crippen molar-refractivity contribution in [3.63, 3.8) is 0 Å². The minimum Gasteiger partial charge on any atom is -0.444 e. The van der Waals surface area contributed by atoms with Crippen LogP contribution in [0.5, 0.6) is 0 Å². The van der Waals surface area contributed by atoms with Crippen LogP contribution in [0.1, 0.15) is 67.8 Å². The molecule has 4 aromatic rings. The van der Waals surface area contributed by atoms with Crippen molar-refractivity contribution in [1.82, 2.24) is 24.3 Å². The highest BCUT2D eigenvalue weighted by Crippen LogP contribution is 2.58. The second kappa shape index (κ2) is 9.80. The number of benzene rings is 1. The highest BCUT2D eigenvalue weighted by Gasteiger charge is 2.55. The number of rotatable bonds is 4. The van der Waals surface area contributed by atoms with Crippen molar-refractivity contribution < 1.29 is 18.7 Å². The van der Waals surface area contributed by atoms with Crippen LogP contribution in [-0.2, 0) is 4.74 Å². The number of anilines is 2. The molecule has 0 bridgehead atoms. The SMILES string of the molecule is CC(C)(C)OC(=O)N1CC2(CC2)C[C@H]1c1nc(-c2ccc(C(=O)Nc3cc(C#N)ccn3)cc2F)c2c(N)nccn12. The molecular formula is C30H29FN8O3. The standard InChI is InChI=1S/C30H29FN8O3/c1-29(2,3)42-28(41)39-16-30(7-8-30)14-21(39)26-37-23(24-25(33)35-10-11-38(24)26)19-5-4-18(13-20(19)31)27(40)36-22-12-17(15-32)6-9-34-22/h4-6,9-13,21H,7-8,14,16H2,1-3H3,(H2,33,35)(H,34,36,40)/t21-/m0/s1. The molecule has 0 unspecified atom stereocenters. The molecule has 214 valence electrons. The molecular weight excluding hydrogens is 539 g/mol. The number of pyridine rings is 1. The van der Waals surface area contributed by atoms with Gasteiger partial charge in [-0.05, 0) is 75.8 Å². The number of nitrogens with zero attached hydrogens (tertiary/aromatic N) is 6. The van der Waals surface area contributed by atoms with Gasteiger partial charge in [0.2, 0.25) is 0 Å². The Hall–Kier alpha value is -5.05. The van der Waals surface area contributed by atoms with Gasteiger partial charge in [0.25, 0.3) is 5.91 Å². The van der Waals surface area contributed by atoms with E-state index >= 15 is 4.39 Å². The van der Waals surface area contributed by atoms with Crippen LogP contribution in [0.25, 0.3) is 16.8 Å². The van der Waals surface area contributed by atoms with E-state index in [-0.39, 0.29) is 33.9 Å². The van der Waals surface area contributed by atoms with Crippen molar-refractivity contribution in [1.29, 1.82) is 5.26 Å². The van der Waals surface area contributed by atoms with Gasteiger partial charge in [0.1, 0.15) is 40.1 Å². The van der Waals surface area contributed by atoms with E-state index in [1.54, 1.807) is 15.5 Å². The Bertz CT molecular complexity index is 1780. The van der Waals surface area contributed by atoms with E-state index in [1.807, 2.05) is 26.8 Å². The lowest BCUT2D eigenvalue weighted by Crippen LogP contribution is -2.37. The number of hydrogen-bond donors (Lipinski definition) is 2. The smallest absolute Gasteiger partial charge is 0.410 e. The second-order valence-corrected chi connectivity index (χ2v) is 11.9. The van der Waals surface area contributed by atoms with E-state index in [0.29, 0.717) is 29.9 Å². The van der Waals surface area contributed by atoms with Gasteiger partial charge in [-0.2, -0.15) is 5.26 Å². The average Bonchev–Trinajstić information content (AvgIpc) is 3.41. The predicted octanol–water partition coefficient (Wildman–Crippen LogP) is 5.10. The molecule has 1 saturated heterocycles. The van der Waals surface area contributed by atoms with Gasteiger partial charge in [-0.15, -0.1) is 0 Å². The van der Waals surface area contributed by atoms with E-state index in [1.165, 1.54) is 36.7 Å². The second-order valence-electron chi connectivity index (χ2n) is 11.9. The molecule has 1 saturated carbocycles. The van der Waals surface area contributed by atoms with Gasteiger partial charge >= 0.3 is 6.09 Å². The van der Waals surface area contributed by atoms with E-state index in [4.69, 9.17) is 20.7 Å². The first kappa shape index (κ1) is 27.1. The fraction of sp³-hybridized carbons (Fsp3) is 0.333. The number of imidazole rings is 1. The minimum absolute atomic E-state index is 0.0218. The molecule has 1 spiro atoms. The number of aromatic nitrogens is 4. The largest absolute Gasteiger partial charge is 0.444 e. The maximum atomic E-state index is 15.7. The molecule has 2 aliphatic rings. The number of halogens is 1. The first-order chi connectivity index (χ1) is 20.0. The van der Waals surface area contributed by atoms with Crippen LogP contribution in [0, 0.1) is 22.6 Å². The first-order valence-corrected chi connectivity index (χ1v) is 13.6. The van der Waals surface area contributed by atoms with E-state index in [0.717, 1.165) is 18.9 Å². The van der Waals surface area contributed by atoms with Gasteiger partial charge in [-0.25, -0.2) is 24.1 Å². The Kier molecular flexibility index (Phi) is 6.33. The zero-order chi connectivity index (χ0) is 29.8. The summed E-state index contributed by atoms with van der Waals surface area (Å²) in [5.74, 6) is -0.419. The maximum absolute atomic E-state index is 15.7. The summed E-state index contributed by atoms with van der Waals surface area (Å²) in [6, 6.07) is 8.55. The molecule has 6 rings (SSSR count). The summed E-state index contributed by atoms with van der Waals surface area (Å²) in [6.07, 6.45) is 6.94. The van der Waals surface area contributed by atoms with Crippen LogP contribution >= 0.6 is 0 Å². The molecule has 3 N–H and O–H groups in total. The Balaban J connectivity index is 1.37. The molecule has 0 radical (unpaired) electrons. The zero-order valence-electron chi connectivity index (χ0n) is 23.4. The molecule has 12 heteroatoms. The van der Waals surface area contributed by atoms with Gasteiger partial charge in [0.15, 0.2) is 0 Å². The van der Waals surface area contributed by atoms with Crippen molar-refractivity contribution in [2.75, 3.05) is 17.6 Å². The topological polar surface area (TPSA) is 152 Å². The van der Waals surface area contributed by atoms with Gasteiger partial charge in [0.05, 0.1) is 17.7 Å². The number of ether oxygens (including phenoxy) is 1. The number of fused-ring (bicyclic) bond motifs is 1. The van der Waals surface area contributed by atoms with Crippen LogP contribution in [0.15, 0.2) is 48.9 Å². The summed E-state index contributed by atoms with van der Waals surface area (Å²) in [7, 11) is 0. The lowest BCUT2D eigenvalue weighted by atomic mass is 10.0. The van der Waals surface area contributed by atoms with Crippen LogP contribution in [0.4, 0.5) is 20.8 Å². The van der Waals surface area contributed by atoms with E-state index in [9.17, 15) is 9.59 Å². The summed E-state index contributed by atoms with van der Waals surface area (Å²) in [5.41, 5.74) is 6.82. The summed E-state index contributed by atoms with van der Waals surface area (Å²) in [4.78, 5) is 40.9. The normalized spacial score (nSPS) is 17.3. The number of carbonyl (C=O) groups excluding carboxylic acids is 2. The van der Waals surface area contributed by atoms with Gasteiger partial charge in [-0.1, -0.05) is 0 Å². The number of amides is 2. The van der Waals surface area contributed by atoms with Crippen LogP contribution in [0.3, 0.4) is 0 Å². The number of nitrogens with two attached hydrogens (primary N) is 1. The highest BCUT2D eigenvalue weighted by atomic mass is 19.1.